The average Bonchev–Trinajstić information content (AvgIpc) is 2.75. The van der Waals surface area contributed by atoms with E-state index in [9.17, 15) is 9.59 Å². The highest BCUT2D eigenvalue weighted by molar-refractivity contribution is 6.10. The molecule has 7 nitrogen and oxygen atoms in total. The summed E-state index contributed by atoms with van der Waals surface area (Å²) >= 11 is 0. The minimum Gasteiger partial charge on any atom is -0.444 e. The van der Waals surface area contributed by atoms with Crippen molar-refractivity contribution in [1.29, 1.82) is 0 Å². The molecule has 1 aliphatic rings. The number of ether oxygens (including phenoxy) is 2. The van der Waals surface area contributed by atoms with Crippen molar-refractivity contribution in [2.45, 2.75) is 45.4 Å². The lowest BCUT2D eigenvalue weighted by Gasteiger charge is -2.22. The first kappa shape index (κ1) is 20.6. The maximum absolute atomic E-state index is 12.3. The van der Waals surface area contributed by atoms with Crippen molar-refractivity contribution in [2.24, 2.45) is 4.99 Å². The number of alkyl carbamates (subject to hydrolysis) is 1. The number of allylic oxidation sites excluding steroid dienone is 2. The maximum atomic E-state index is 12.3. The van der Waals surface area contributed by atoms with Crippen LogP contribution in [0.5, 0.6) is 0 Å². The highest BCUT2D eigenvalue weighted by atomic mass is 16.6. The molecule has 0 aromatic heterocycles. The zero-order valence-electron chi connectivity index (χ0n) is 15.6. The number of methoxy groups -OCH3 is 1. The molecule has 2 amide bonds. The van der Waals surface area contributed by atoms with Gasteiger partial charge in [-0.1, -0.05) is 24.3 Å². The monoisotopic (exact) mass is 349 g/mol. The van der Waals surface area contributed by atoms with Crippen molar-refractivity contribution in [1.82, 2.24) is 10.6 Å². The van der Waals surface area contributed by atoms with Gasteiger partial charge in [-0.05, 0) is 33.8 Å². The van der Waals surface area contributed by atoms with Crippen LogP contribution in [0, 0.1) is 0 Å². The lowest BCUT2D eigenvalue weighted by atomic mass is 10.1. The van der Waals surface area contributed by atoms with Gasteiger partial charge in [-0.3, -0.25) is 9.79 Å². The van der Waals surface area contributed by atoms with E-state index in [1.54, 1.807) is 41.9 Å². The summed E-state index contributed by atoms with van der Waals surface area (Å²) < 4.78 is 10.4. The van der Waals surface area contributed by atoms with Crippen LogP contribution >= 0.6 is 0 Å². The average molecular weight is 349 g/mol. The van der Waals surface area contributed by atoms with Crippen LogP contribution in [0.2, 0.25) is 0 Å². The molecule has 1 aliphatic carbocycles. The second-order valence-corrected chi connectivity index (χ2v) is 6.50. The zero-order chi connectivity index (χ0) is 19.0. The predicted molar refractivity (Wildman–Crippen MR) is 97.5 cm³/mol. The fraction of sp³-hybridized carbons (Fsp3) is 0.500. The molecule has 0 radical (unpaired) electrons. The van der Waals surface area contributed by atoms with E-state index in [0.29, 0.717) is 5.84 Å². The zero-order valence-corrected chi connectivity index (χ0v) is 15.6. The van der Waals surface area contributed by atoms with E-state index in [1.165, 1.54) is 0 Å². The lowest BCUT2D eigenvalue weighted by molar-refractivity contribution is -0.121. The summed E-state index contributed by atoms with van der Waals surface area (Å²) in [6.07, 6.45) is 8.38. The van der Waals surface area contributed by atoms with E-state index < -0.39 is 23.6 Å². The Bertz CT molecular complexity index is 612. The first-order chi connectivity index (χ1) is 11.7. The van der Waals surface area contributed by atoms with Crippen molar-refractivity contribution in [2.75, 3.05) is 14.2 Å². The summed E-state index contributed by atoms with van der Waals surface area (Å²) in [6.45, 7) is 6.84. The number of hydrogen-bond acceptors (Lipinski definition) is 5. The van der Waals surface area contributed by atoms with Crippen molar-refractivity contribution in [3.05, 3.63) is 36.0 Å². The molecule has 0 aromatic rings. The van der Waals surface area contributed by atoms with Gasteiger partial charge in [0.05, 0.1) is 6.10 Å². The number of nitrogens with one attached hydrogen (secondary N) is 2. The molecule has 0 saturated carbocycles. The summed E-state index contributed by atoms with van der Waals surface area (Å²) in [5, 5.41) is 5.21. The second kappa shape index (κ2) is 9.17. The Balaban J connectivity index is 2.73. The molecule has 0 bridgehead atoms. The van der Waals surface area contributed by atoms with Crippen LogP contribution in [0.1, 0.15) is 27.7 Å². The second-order valence-electron chi connectivity index (χ2n) is 6.50. The number of hydrogen-bond donors (Lipinski definition) is 2. The molecule has 2 unspecified atom stereocenters. The van der Waals surface area contributed by atoms with Crippen molar-refractivity contribution >= 4 is 17.8 Å². The van der Waals surface area contributed by atoms with Crippen molar-refractivity contribution in [3.8, 4) is 0 Å². The Hall–Kier alpha value is -2.41. The van der Waals surface area contributed by atoms with Crippen LogP contribution in [-0.2, 0) is 14.3 Å². The Morgan fingerprint density at radius 2 is 1.96 bits per heavy atom. The molecular formula is C18H27N3O4. The number of nitrogens with zero attached hydrogens (tertiary/aromatic N) is 1. The van der Waals surface area contributed by atoms with Crippen LogP contribution in [0.15, 0.2) is 40.9 Å². The van der Waals surface area contributed by atoms with Crippen molar-refractivity contribution < 1.29 is 19.1 Å². The van der Waals surface area contributed by atoms with Crippen LogP contribution in [-0.4, -0.2) is 49.7 Å². The fourth-order valence-corrected chi connectivity index (χ4v) is 1.96. The van der Waals surface area contributed by atoms with Crippen LogP contribution in [0.25, 0.3) is 0 Å². The quantitative estimate of drug-likeness (QED) is 0.601. The molecule has 0 saturated heterocycles. The van der Waals surface area contributed by atoms with Gasteiger partial charge in [0.2, 0.25) is 5.91 Å². The summed E-state index contributed by atoms with van der Waals surface area (Å²) in [4.78, 5) is 28.2. The summed E-state index contributed by atoms with van der Waals surface area (Å²) in [5.74, 6) is -0.00299. The Labute approximate surface area is 148 Å². The third-order valence-electron chi connectivity index (χ3n) is 3.17. The van der Waals surface area contributed by atoms with Crippen LogP contribution < -0.4 is 10.6 Å². The van der Waals surface area contributed by atoms with E-state index in [4.69, 9.17) is 9.47 Å². The Morgan fingerprint density at radius 1 is 1.28 bits per heavy atom. The Morgan fingerprint density at radius 3 is 2.52 bits per heavy atom. The van der Waals surface area contributed by atoms with E-state index in [-0.39, 0.29) is 6.10 Å². The molecule has 25 heavy (non-hydrogen) atoms. The lowest BCUT2D eigenvalue weighted by Crippen LogP contribution is -2.48. The summed E-state index contributed by atoms with van der Waals surface area (Å²) in [7, 11) is 3.18. The molecule has 0 spiro atoms. The smallest absolute Gasteiger partial charge is 0.408 e. The van der Waals surface area contributed by atoms with Gasteiger partial charge in [0.25, 0.3) is 0 Å². The first-order valence-electron chi connectivity index (χ1n) is 8.03. The third kappa shape index (κ3) is 7.34. The highest BCUT2D eigenvalue weighted by Crippen LogP contribution is 2.10. The number of carbonyl (C=O) groups excluding carboxylic acids is 2. The van der Waals surface area contributed by atoms with Gasteiger partial charge in [-0.15, -0.1) is 0 Å². The van der Waals surface area contributed by atoms with E-state index in [1.807, 2.05) is 30.4 Å². The predicted octanol–water partition coefficient (Wildman–Crippen LogP) is 2.11. The number of carbonyl (C=O) groups is 2. The molecule has 0 heterocycles. The SMILES string of the molecule is CN=C(NC(=O)C(C)NC(=O)OC(C)(C)C)C1=CC(OC)C=CC=C1. The minimum atomic E-state index is -0.779. The largest absolute Gasteiger partial charge is 0.444 e. The Kier molecular flexibility index (Phi) is 7.57. The van der Waals surface area contributed by atoms with E-state index in [0.717, 1.165) is 5.57 Å². The number of amides is 2. The molecule has 2 N–H and O–H groups in total. The molecule has 2 atom stereocenters. The van der Waals surface area contributed by atoms with Crippen LogP contribution in [0.3, 0.4) is 0 Å². The van der Waals surface area contributed by atoms with Gasteiger partial charge in [0, 0.05) is 19.7 Å². The maximum Gasteiger partial charge on any atom is 0.408 e. The minimum absolute atomic E-state index is 0.212. The van der Waals surface area contributed by atoms with Gasteiger partial charge in [-0.25, -0.2) is 4.79 Å². The van der Waals surface area contributed by atoms with E-state index in [2.05, 4.69) is 15.6 Å². The van der Waals surface area contributed by atoms with Gasteiger partial charge < -0.3 is 20.1 Å². The van der Waals surface area contributed by atoms with Gasteiger partial charge in [-0.2, -0.15) is 0 Å². The summed E-state index contributed by atoms with van der Waals surface area (Å²) in [5.41, 5.74) is 0.0891. The highest BCUT2D eigenvalue weighted by Gasteiger charge is 2.22. The third-order valence-corrected chi connectivity index (χ3v) is 3.17. The molecular weight excluding hydrogens is 322 g/mol. The number of amidine groups is 1. The summed E-state index contributed by atoms with van der Waals surface area (Å²) in [6, 6.07) is -0.779. The molecule has 1 rings (SSSR count). The number of rotatable bonds is 4. The number of aliphatic imine (C=N–C) groups is 1. The van der Waals surface area contributed by atoms with Crippen LogP contribution in [0.4, 0.5) is 4.79 Å². The van der Waals surface area contributed by atoms with Gasteiger partial charge in [0.1, 0.15) is 17.5 Å². The standard InChI is InChI=1S/C18H27N3O4/c1-12(20-17(23)25-18(2,3)4)16(22)21-15(19-5)13-9-7-8-10-14(11-13)24-6/h7-12,14H,1-6H3,(H,20,23)(H,19,21,22). The fourth-order valence-electron chi connectivity index (χ4n) is 1.96. The van der Waals surface area contributed by atoms with E-state index >= 15 is 0 Å². The first-order valence-corrected chi connectivity index (χ1v) is 8.03. The topological polar surface area (TPSA) is 89.0 Å². The molecule has 138 valence electrons. The van der Waals surface area contributed by atoms with Gasteiger partial charge >= 0.3 is 6.09 Å². The van der Waals surface area contributed by atoms with Gasteiger partial charge in [0.15, 0.2) is 0 Å². The van der Waals surface area contributed by atoms with Crippen molar-refractivity contribution in [3.63, 3.8) is 0 Å². The molecule has 7 heteroatoms. The molecule has 0 aromatic carbocycles. The normalized spacial score (nSPS) is 18.9. The molecule has 0 aliphatic heterocycles. The molecule has 0 fully saturated rings.